The molecule has 3 rings (SSSR count). The van der Waals surface area contributed by atoms with E-state index in [2.05, 4.69) is 4.98 Å². The number of nitrogens with zero attached hydrogens (tertiary/aromatic N) is 2. The fraction of sp³-hybridized carbons (Fsp3) is 0.0714. The van der Waals surface area contributed by atoms with Crippen LogP contribution in [0.2, 0.25) is 10.0 Å². The maximum absolute atomic E-state index is 12.1. The lowest BCUT2D eigenvalue weighted by atomic mass is 10.1. The number of carbonyl (C=O) groups excluding carboxylic acids is 2. The van der Waals surface area contributed by atoms with Crippen LogP contribution in [-0.4, -0.2) is 16.7 Å². The maximum Gasteiger partial charge on any atom is 0.299 e. The maximum atomic E-state index is 12.1. The third-order valence-electron chi connectivity index (χ3n) is 3.13. The third kappa shape index (κ3) is 1.97. The van der Waals surface area contributed by atoms with Crippen molar-refractivity contribution in [2.45, 2.75) is 6.54 Å². The first-order chi connectivity index (χ1) is 9.59. The number of amides is 1. The smallest absolute Gasteiger partial charge is 0.299 e. The van der Waals surface area contributed by atoms with E-state index >= 15 is 0 Å². The number of Topliss-reactive ketones (excluding diaryl/α,β-unsaturated/α-hetero) is 1. The van der Waals surface area contributed by atoms with Crippen LogP contribution >= 0.6 is 23.2 Å². The molecule has 0 saturated heterocycles. The molecule has 0 unspecified atom stereocenters. The molecule has 0 bridgehead atoms. The summed E-state index contributed by atoms with van der Waals surface area (Å²) in [6.45, 7) is 0.183. The van der Waals surface area contributed by atoms with Crippen molar-refractivity contribution in [2.24, 2.45) is 0 Å². The van der Waals surface area contributed by atoms with Crippen LogP contribution in [0.5, 0.6) is 0 Å². The van der Waals surface area contributed by atoms with Gasteiger partial charge in [0.2, 0.25) is 0 Å². The number of ketones is 1. The molecule has 0 radical (unpaired) electrons. The number of halogens is 2. The summed E-state index contributed by atoms with van der Waals surface area (Å²) in [5, 5.41) is 0.806. The quantitative estimate of drug-likeness (QED) is 0.801. The monoisotopic (exact) mass is 306 g/mol. The highest BCUT2D eigenvalue weighted by atomic mass is 35.5. The summed E-state index contributed by atoms with van der Waals surface area (Å²) in [6, 6.07) is 6.59. The molecule has 0 spiro atoms. The molecule has 6 heteroatoms. The summed E-state index contributed by atoms with van der Waals surface area (Å²) in [6.07, 6.45) is 3.07. The van der Waals surface area contributed by atoms with Gasteiger partial charge in [0, 0.05) is 12.4 Å². The largest absolute Gasteiger partial charge is 0.299 e. The Hall–Kier alpha value is -1.91. The van der Waals surface area contributed by atoms with Gasteiger partial charge in [-0.25, -0.2) is 0 Å². The van der Waals surface area contributed by atoms with E-state index < -0.39 is 11.7 Å². The predicted octanol–water partition coefficient (Wildman–Crippen LogP) is 3.12. The second-order valence-electron chi connectivity index (χ2n) is 4.32. The van der Waals surface area contributed by atoms with Crippen molar-refractivity contribution in [1.82, 2.24) is 4.98 Å². The summed E-state index contributed by atoms with van der Waals surface area (Å²) in [5.41, 5.74) is 1.47. The zero-order valence-corrected chi connectivity index (χ0v) is 11.6. The number of aromatic nitrogens is 1. The average Bonchev–Trinajstić information content (AvgIpc) is 2.68. The van der Waals surface area contributed by atoms with Gasteiger partial charge in [-0.1, -0.05) is 29.3 Å². The molecule has 20 heavy (non-hydrogen) atoms. The third-order valence-corrected chi connectivity index (χ3v) is 3.77. The fourth-order valence-corrected chi connectivity index (χ4v) is 2.62. The number of hydrogen-bond acceptors (Lipinski definition) is 3. The van der Waals surface area contributed by atoms with Crippen LogP contribution in [0.4, 0.5) is 5.69 Å². The zero-order valence-electron chi connectivity index (χ0n) is 10.1. The highest BCUT2D eigenvalue weighted by Crippen LogP contribution is 2.37. The summed E-state index contributed by atoms with van der Waals surface area (Å²) in [5.74, 6) is -1.14. The first-order valence-corrected chi connectivity index (χ1v) is 6.58. The first-order valence-electron chi connectivity index (χ1n) is 5.82. The first kappa shape index (κ1) is 13.1. The van der Waals surface area contributed by atoms with Crippen molar-refractivity contribution in [2.75, 3.05) is 4.90 Å². The lowest BCUT2D eigenvalue weighted by molar-refractivity contribution is -0.114. The molecule has 0 aliphatic carbocycles. The topological polar surface area (TPSA) is 50.3 Å². The van der Waals surface area contributed by atoms with Gasteiger partial charge in [0.05, 0.1) is 27.8 Å². The van der Waals surface area contributed by atoms with Gasteiger partial charge in [0.15, 0.2) is 0 Å². The van der Waals surface area contributed by atoms with Gasteiger partial charge in [0.25, 0.3) is 11.7 Å². The van der Waals surface area contributed by atoms with E-state index in [0.29, 0.717) is 26.9 Å². The molecule has 1 aromatic carbocycles. The molecule has 1 aliphatic heterocycles. The van der Waals surface area contributed by atoms with Crippen molar-refractivity contribution in [3.63, 3.8) is 0 Å². The van der Waals surface area contributed by atoms with E-state index in [9.17, 15) is 9.59 Å². The van der Waals surface area contributed by atoms with E-state index in [0.717, 1.165) is 0 Å². The fourth-order valence-electron chi connectivity index (χ4n) is 2.17. The summed E-state index contributed by atoms with van der Waals surface area (Å²) in [7, 11) is 0. The Morgan fingerprint density at radius 1 is 1.10 bits per heavy atom. The molecular formula is C14H8Cl2N2O2. The molecule has 2 heterocycles. The Balaban J connectivity index is 2.06. The summed E-state index contributed by atoms with van der Waals surface area (Å²) in [4.78, 5) is 29.3. The predicted molar refractivity (Wildman–Crippen MR) is 76.2 cm³/mol. The number of para-hydroxylation sites is 1. The average molecular weight is 307 g/mol. The molecule has 4 nitrogen and oxygen atoms in total. The molecule has 100 valence electrons. The number of hydrogen-bond donors (Lipinski definition) is 0. The van der Waals surface area contributed by atoms with E-state index in [1.165, 1.54) is 11.1 Å². The summed E-state index contributed by atoms with van der Waals surface area (Å²) >= 11 is 12.1. The Labute approximate surface area is 124 Å². The van der Waals surface area contributed by atoms with Gasteiger partial charge < -0.3 is 0 Å². The van der Waals surface area contributed by atoms with Crippen LogP contribution in [0.25, 0.3) is 0 Å². The SMILES string of the molecule is O=C1C(=O)N(Cc2ccncc2Cl)c2c(Cl)cccc21. The number of anilines is 1. The van der Waals surface area contributed by atoms with Crippen LogP contribution in [0, 0.1) is 0 Å². The highest BCUT2D eigenvalue weighted by Gasteiger charge is 2.37. The van der Waals surface area contributed by atoms with Crippen molar-refractivity contribution < 1.29 is 9.59 Å². The highest BCUT2D eigenvalue weighted by molar-refractivity contribution is 6.54. The molecular weight excluding hydrogens is 299 g/mol. The van der Waals surface area contributed by atoms with E-state index in [1.807, 2.05) is 0 Å². The molecule has 1 aliphatic rings. The zero-order chi connectivity index (χ0) is 14.3. The van der Waals surface area contributed by atoms with E-state index in [-0.39, 0.29) is 6.54 Å². The minimum Gasteiger partial charge on any atom is -0.299 e. The van der Waals surface area contributed by atoms with Gasteiger partial charge in [-0.05, 0) is 23.8 Å². The Kier molecular flexibility index (Phi) is 3.20. The van der Waals surface area contributed by atoms with Crippen LogP contribution in [-0.2, 0) is 11.3 Å². The number of fused-ring (bicyclic) bond motifs is 1. The standard InChI is InChI=1S/C14H8Cl2N2O2/c15-10-3-1-2-9-12(10)18(14(20)13(9)19)7-8-4-5-17-6-11(8)16/h1-6H,7H2. The van der Waals surface area contributed by atoms with Crippen LogP contribution < -0.4 is 4.90 Å². The van der Waals surface area contributed by atoms with Gasteiger partial charge in [-0.15, -0.1) is 0 Å². The minimum absolute atomic E-state index is 0.183. The number of benzene rings is 1. The minimum atomic E-state index is -0.596. The van der Waals surface area contributed by atoms with Crippen molar-refractivity contribution >= 4 is 40.6 Å². The Bertz CT molecular complexity index is 731. The number of pyridine rings is 1. The Morgan fingerprint density at radius 3 is 2.65 bits per heavy atom. The lowest BCUT2D eigenvalue weighted by Crippen LogP contribution is -2.29. The van der Waals surface area contributed by atoms with Gasteiger partial charge in [-0.2, -0.15) is 0 Å². The van der Waals surface area contributed by atoms with Crippen molar-refractivity contribution in [3.8, 4) is 0 Å². The van der Waals surface area contributed by atoms with Gasteiger partial charge >= 0.3 is 0 Å². The lowest BCUT2D eigenvalue weighted by Gasteiger charge is -2.18. The van der Waals surface area contributed by atoms with Crippen LogP contribution in [0.3, 0.4) is 0 Å². The normalized spacial score (nSPS) is 13.8. The second-order valence-corrected chi connectivity index (χ2v) is 5.14. The van der Waals surface area contributed by atoms with E-state index in [1.54, 1.807) is 30.5 Å². The van der Waals surface area contributed by atoms with Crippen molar-refractivity contribution in [1.29, 1.82) is 0 Å². The van der Waals surface area contributed by atoms with Crippen LogP contribution in [0.15, 0.2) is 36.7 Å². The van der Waals surface area contributed by atoms with Crippen LogP contribution in [0.1, 0.15) is 15.9 Å². The number of rotatable bonds is 2. The molecule has 0 atom stereocenters. The second kappa shape index (κ2) is 4.89. The molecule has 0 fully saturated rings. The Morgan fingerprint density at radius 2 is 1.90 bits per heavy atom. The van der Waals surface area contributed by atoms with Gasteiger partial charge in [-0.3, -0.25) is 19.5 Å². The number of carbonyl (C=O) groups is 2. The molecule has 0 N–H and O–H groups in total. The van der Waals surface area contributed by atoms with E-state index in [4.69, 9.17) is 23.2 Å². The molecule has 0 saturated carbocycles. The van der Waals surface area contributed by atoms with Gasteiger partial charge in [0.1, 0.15) is 0 Å². The molecule has 2 aromatic rings. The van der Waals surface area contributed by atoms with Crippen molar-refractivity contribution in [3.05, 3.63) is 57.8 Å². The molecule has 1 aromatic heterocycles. The summed E-state index contributed by atoms with van der Waals surface area (Å²) < 4.78 is 0. The molecule has 1 amide bonds.